The minimum absolute atomic E-state index is 0.0375. The molecule has 0 saturated heterocycles. The summed E-state index contributed by atoms with van der Waals surface area (Å²) in [6.07, 6.45) is 2.30. The summed E-state index contributed by atoms with van der Waals surface area (Å²) >= 11 is 0. The molecule has 0 radical (unpaired) electrons. The van der Waals surface area contributed by atoms with E-state index in [1.165, 1.54) is 0 Å². The number of aromatic nitrogens is 4. The quantitative estimate of drug-likeness (QED) is 0.564. The number of hydrogen-bond acceptors (Lipinski definition) is 7. The van der Waals surface area contributed by atoms with E-state index in [9.17, 15) is 9.59 Å². The molecule has 1 heterocycles. The van der Waals surface area contributed by atoms with Gasteiger partial charge in [-0.05, 0) is 54.4 Å². The summed E-state index contributed by atoms with van der Waals surface area (Å²) in [5, 5.41) is 19.6. The fourth-order valence-corrected chi connectivity index (χ4v) is 2.99. The fraction of sp³-hybridized carbons (Fsp3) is 0.583. The standard InChI is InChI=1S/C24H36N6O3/c1-23(2,3)25-20(31)15-11-8-12-16-30(22(32)33-24(4,5)6)17-19-26-28-21(29-27-19)18-13-9-7-10-14-18/h7,9-10,13-14H,8,11-12,15-17H2,1-6H3,(H,25,31). The third kappa shape index (κ3) is 10.4. The summed E-state index contributed by atoms with van der Waals surface area (Å²) in [6.45, 7) is 12.0. The number of unbranched alkanes of at least 4 members (excludes halogenated alkanes) is 2. The zero-order valence-corrected chi connectivity index (χ0v) is 20.6. The van der Waals surface area contributed by atoms with Crippen LogP contribution < -0.4 is 5.32 Å². The molecule has 1 aromatic heterocycles. The van der Waals surface area contributed by atoms with Crippen LogP contribution in [-0.2, 0) is 16.1 Å². The Labute approximate surface area is 196 Å². The third-order valence-corrected chi connectivity index (χ3v) is 4.38. The van der Waals surface area contributed by atoms with Gasteiger partial charge in [0, 0.05) is 24.1 Å². The molecule has 0 aliphatic heterocycles. The van der Waals surface area contributed by atoms with Gasteiger partial charge >= 0.3 is 6.09 Å². The van der Waals surface area contributed by atoms with Gasteiger partial charge in [0.05, 0.1) is 6.54 Å². The molecule has 33 heavy (non-hydrogen) atoms. The zero-order valence-electron chi connectivity index (χ0n) is 20.6. The van der Waals surface area contributed by atoms with Gasteiger partial charge in [-0.3, -0.25) is 4.79 Å². The summed E-state index contributed by atoms with van der Waals surface area (Å²) in [5.74, 6) is 0.803. The van der Waals surface area contributed by atoms with E-state index in [4.69, 9.17) is 4.74 Å². The van der Waals surface area contributed by atoms with E-state index in [2.05, 4.69) is 25.7 Å². The predicted octanol–water partition coefficient (Wildman–Crippen LogP) is 4.15. The summed E-state index contributed by atoms with van der Waals surface area (Å²) in [7, 11) is 0. The van der Waals surface area contributed by atoms with Crippen molar-refractivity contribution in [2.45, 2.75) is 84.9 Å². The summed E-state index contributed by atoms with van der Waals surface area (Å²) in [5.41, 5.74) is -0.0268. The van der Waals surface area contributed by atoms with Crippen LogP contribution in [0.1, 0.15) is 73.1 Å². The predicted molar refractivity (Wildman–Crippen MR) is 126 cm³/mol. The fourth-order valence-electron chi connectivity index (χ4n) is 2.99. The third-order valence-electron chi connectivity index (χ3n) is 4.38. The number of carbonyl (C=O) groups is 2. The van der Waals surface area contributed by atoms with E-state index in [1.54, 1.807) is 4.90 Å². The van der Waals surface area contributed by atoms with Crippen molar-refractivity contribution in [3.63, 3.8) is 0 Å². The van der Waals surface area contributed by atoms with Gasteiger partial charge in [-0.15, -0.1) is 20.4 Å². The van der Waals surface area contributed by atoms with Gasteiger partial charge in [-0.2, -0.15) is 0 Å². The Hall–Kier alpha value is -3.10. The van der Waals surface area contributed by atoms with Crippen LogP contribution >= 0.6 is 0 Å². The Morgan fingerprint density at radius 2 is 1.55 bits per heavy atom. The van der Waals surface area contributed by atoms with E-state index in [-0.39, 0.29) is 18.0 Å². The molecule has 0 spiro atoms. The number of rotatable bonds is 9. The molecule has 2 aromatic rings. The van der Waals surface area contributed by atoms with E-state index >= 15 is 0 Å². The van der Waals surface area contributed by atoms with Crippen LogP contribution in [0.15, 0.2) is 30.3 Å². The van der Waals surface area contributed by atoms with Gasteiger partial charge in [0.2, 0.25) is 11.7 Å². The van der Waals surface area contributed by atoms with Crippen molar-refractivity contribution in [1.82, 2.24) is 30.6 Å². The number of ether oxygens (including phenoxy) is 1. The number of nitrogens with zero attached hydrogens (tertiary/aromatic N) is 5. The van der Waals surface area contributed by atoms with Crippen molar-refractivity contribution >= 4 is 12.0 Å². The van der Waals surface area contributed by atoms with Crippen LogP contribution in [0.2, 0.25) is 0 Å². The lowest BCUT2D eigenvalue weighted by Crippen LogP contribution is -2.40. The minimum Gasteiger partial charge on any atom is -0.444 e. The molecule has 0 bridgehead atoms. The smallest absolute Gasteiger partial charge is 0.410 e. The van der Waals surface area contributed by atoms with E-state index < -0.39 is 11.7 Å². The first-order chi connectivity index (χ1) is 15.4. The van der Waals surface area contributed by atoms with Gasteiger partial charge < -0.3 is 15.0 Å². The minimum atomic E-state index is -0.616. The molecule has 0 aliphatic carbocycles. The highest BCUT2D eigenvalue weighted by atomic mass is 16.6. The molecular formula is C24H36N6O3. The lowest BCUT2D eigenvalue weighted by atomic mass is 10.1. The Balaban J connectivity index is 1.94. The Morgan fingerprint density at radius 1 is 0.909 bits per heavy atom. The van der Waals surface area contributed by atoms with Crippen LogP contribution in [0.4, 0.5) is 4.79 Å². The van der Waals surface area contributed by atoms with E-state index in [1.807, 2.05) is 71.9 Å². The molecule has 1 aromatic carbocycles. The van der Waals surface area contributed by atoms with E-state index in [0.717, 1.165) is 24.8 Å². The molecule has 2 rings (SSSR count). The topological polar surface area (TPSA) is 110 Å². The number of amides is 2. The second-order valence-corrected chi connectivity index (χ2v) is 10.0. The molecule has 9 nitrogen and oxygen atoms in total. The molecule has 0 fully saturated rings. The first-order valence-electron chi connectivity index (χ1n) is 11.3. The monoisotopic (exact) mass is 456 g/mol. The average molecular weight is 457 g/mol. The first-order valence-corrected chi connectivity index (χ1v) is 11.3. The van der Waals surface area contributed by atoms with Crippen molar-refractivity contribution in [2.24, 2.45) is 0 Å². The summed E-state index contributed by atoms with van der Waals surface area (Å²) in [6, 6.07) is 9.46. The number of nitrogens with one attached hydrogen (secondary N) is 1. The number of benzene rings is 1. The van der Waals surface area contributed by atoms with Gasteiger partial charge in [0.15, 0.2) is 5.82 Å². The molecule has 1 N–H and O–H groups in total. The SMILES string of the molecule is CC(C)(C)NC(=O)CCCCCN(Cc1nnc(-c2ccccc2)nn1)C(=O)OC(C)(C)C. The average Bonchev–Trinajstić information content (AvgIpc) is 2.71. The molecule has 0 atom stereocenters. The summed E-state index contributed by atoms with van der Waals surface area (Å²) in [4.78, 5) is 26.2. The molecule has 0 saturated carbocycles. The zero-order chi connectivity index (χ0) is 24.5. The van der Waals surface area contributed by atoms with Crippen molar-refractivity contribution < 1.29 is 14.3 Å². The molecule has 2 amide bonds. The highest BCUT2D eigenvalue weighted by Gasteiger charge is 2.23. The Morgan fingerprint density at radius 3 is 2.12 bits per heavy atom. The van der Waals surface area contributed by atoms with Gasteiger partial charge in [0.25, 0.3) is 0 Å². The van der Waals surface area contributed by atoms with Crippen LogP contribution in [0.5, 0.6) is 0 Å². The lowest BCUT2D eigenvalue weighted by molar-refractivity contribution is -0.122. The number of carbonyl (C=O) groups excluding carboxylic acids is 2. The molecule has 180 valence electrons. The molecular weight excluding hydrogens is 420 g/mol. The van der Waals surface area contributed by atoms with Gasteiger partial charge in [-0.25, -0.2) is 4.79 Å². The van der Waals surface area contributed by atoms with Crippen molar-refractivity contribution in [1.29, 1.82) is 0 Å². The van der Waals surface area contributed by atoms with Crippen molar-refractivity contribution in [3.05, 3.63) is 36.2 Å². The molecule has 9 heteroatoms. The van der Waals surface area contributed by atoms with Crippen LogP contribution in [-0.4, -0.2) is 55.0 Å². The van der Waals surface area contributed by atoms with Crippen molar-refractivity contribution in [2.75, 3.05) is 6.54 Å². The van der Waals surface area contributed by atoms with Gasteiger partial charge in [-0.1, -0.05) is 36.8 Å². The second-order valence-electron chi connectivity index (χ2n) is 10.0. The Bertz CT molecular complexity index is 889. The largest absolute Gasteiger partial charge is 0.444 e. The Kier molecular flexibility index (Phi) is 9.25. The van der Waals surface area contributed by atoms with Crippen molar-refractivity contribution in [3.8, 4) is 11.4 Å². The summed E-state index contributed by atoms with van der Waals surface area (Å²) < 4.78 is 5.54. The highest BCUT2D eigenvalue weighted by molar-refractivity contribution is 5.76. The van der Waals surface area contributed by atoms with Crippen LogP contribution in [0.3, 0.4) is 0 Å². The maximum absolute atomic E-state index is 12.7. The maximum atomic E-state index is 12.7. The first kappa shape index (κ1) is 26.2. The molecule has 0 aliphatic rings. The normalized spacial score (nSPS) is 11.7. The number of hydrogen-bond donors (Lipinski definition) is 1. The highest BCUT2D eigenvalue weighted by Crippen LogP contribution is 2.14. The van der Waals surface area contributed by atoms with E-state index in [0.29, 0.717) is 24.6 Å². The molecule has 0 unspecified atom stereocenters. The van der Waals surface area contributed by atoms with Gasteiger partial charge in [0.1, 0.15) is 5.60 Å². The lowest BCUT2D eigenvalue weighted by Gasteiger charge is -2.27. The van der Waals surface area contributed by atoms with Crippen LogP contribution in [0.25, 0.3) is 11.4 Å². The maximum Gasteiger partial charge on any atom is 0.410 e. The van der Waals surface area contributed by atoms with Crippen LogP contribution in [0, 0.1) is 0 Å². The second kappa shape index (κ2) is 11.7.